The van der Waals surface area contributed by atoms with E-state index in [0.29, 0.717) is 16.5 Å². The molecule has 142 valence electrons. The van der Waals surface area contributed by atoms with Crippen LogP contribution < -0.4 is 5.73 Å². The summed E-state index contributed by atoms with van der Waals surface area (Å²) in [6, 6.07) is 13.1. The van der Waals surface area contributed by atoms with Crippen molar-refractivity contribution < 1.29 is 18.0 Å². The first-order chi connectivity index (χ1) is 13.4. The average Bonchev–Trinajstić information content (AvgIpc) is 3.01. The lowest BCUT2D eigenvalue weighted by Crippen LogP contribution is -2.11. The van der Waals surface area contributed by atoms with Gasteiger partial charge in [-0.25, -0.2) is 13.2 Å². The Bertz CT molecular complexity index is 1240. The SMILES string of the molecule is CCc1ccc2c3c(C(N)=O)cccc3n(Cc3ccc(F)c(F)c3F)c2c1. The highest BCUT2D eigenvalue weighted by Gasteiger charge is 2.19. The molecule has 0 aliphatic heterocycles. The zero-order valence-electron chi connectivity index (χ0n) is 15.1. The van der Waals surface area contributed by atoms with E-state index < -0.39 is 23.4 Å². The standard InChI is InChI=1S/C22H17F3N2O/c1-2-12-6-8-14-18(10-12)27(11-13-7-9-16(23)21(25)20(13)24)17-5-3-4-15(19(14)17)22(26)28/h3-10H,2,11H2,1H3,(H2,26,28). The second-order valence-corrected chi connectivity index (χ2v) is 6.69. The lowest BCUT2D eigenvalue weighted by Gasteiger charge is -2.10. The molecule has 0 saturated heterocycles. The number of fused-ring (bicyclic) bond motifs is 3. The van der Waals surface area contributed by atoms with E-state index in [-0.39, 0.29) is 12.1 Å². The molecule has 0 radical (unpaired) electrons. The molecule has 4 aromatic rings. The molecule has 0 aliphatic carbocycles. The first-order valence-corrected chi connectivity index (χ1v) is 8.88. The summed E-state index contributed by atoms with van der Waals surface area (Å²) in [5.41, 5.74) is 8.42. The van der Waals surface area contributed by atoms with E-state index in [2.05, 4.69) is 0 Å². The van der Waals surface area contributed by atoms with E-state index in [0.717, 1.165) is 29.0 Å². The molecule has 0 fully saturated rings. The summed E-state index contributed by atoms with van der Waals surface area (Å²) in [6.45, 7) is 2.00. The van der Waals surface area contributed by atoms with E-state index in [1.165, 1.54) is 6.07 Å². The molecule has 4 rings (SSSR count). The maximum absolute atomic E-state index is 14.3. The normalized spacial score (nSPS) is 11.4. The molecular formula is C22H17F3N2O. The number of hydrogen-bond donors (Lipinski definition) is 1. The molecule has 3 nitrogen and oxygen atoms in total. The maximum Gasteiger partial charge on any atom is 0.249 e. The van der Waals surface area contributed by atoms with Crippen LogP contribution in [0.1, 0.15) is 28.4 Å². The van der Waals surface area contributed by atoms with Gasteiger partial charge in [0.25, 0.3) is 0 Å². The molecule has 0 bridgehead atoms. The summed E-state index contributed by atoms with van der Waals surface area (Å²) in [5, 5.41) is 1.46. The number of halogens is 3. The Hall–Kier alpha value is -3.28. The molecule has 2 N–H and O–H groups in total. The Morgan fingerprint density at radius 1 is 1.00 bits per heavy atom. The van der Waals surface area contributed by atoms with Gasteiger partial charge in [-0.3, -0.25) is 4.79 Å². The smallest absolute Gasteiger partial charge is 0.249 e. The minimum absolute atomic E-state index is 0.0155. The molecule has 28 heavy (non-hydrogen) atoms. The monoisotopic (exact) mass is 382 g/mol. The molecule has 1 heterocycles. The summed E-state index contributed by atoms with van der Waals surface area (Å²) in [7, 11) is 0. The first kappa shape index (κ1) is 18.1. The highest BCUT2D eigenvalue weighted by Crippen LogP contribution is 2.33. The van der Waals surface area contributed by atoms with Gasteiger partial charge in [0.1, 0.15) is 0 Å². The number of benzene rings is 3. The van der Waals surface area contributed by atoms with Crippen LogP contribution in [0.4, 0.5) is 13.2 Å². The third-order valence-corrected chi connectivity index (χ3v) is 5.07. The number of nitrogens with zero attached hydrogens (tertiary/aromatic N) is 1. The number of amides is 1. The van der Waals surface area contributed by atoms with Crippen LogP contribution in [0.25, 0.3) is 21.8 Å². The Labute approximate surface area is 159 Å². The van der Waals surface area contributed by atoms with Crippen LogP contribution in [0.2, 0.25) is 0 Å². The Kier molecular flexibility index (Phi) is 4.34. The maximum atomic E-state index is 14.3. The Balaban J connectivity index is 2.05. The van der Waals surface area contributed by atoms with Gasteiger partial charge in [0.15, 0.2) is 17.5 Å². The summed E-state index contributed by atoms with van der Waals surface area (Å²) in [5.74, 6) is -4.51. The molecule has 0 aliphatic rings. The van der Waals surface area contributed by atoms with Gasteiger partial charge in [-0.2, -0.15) is 0 Å². The van der Waals surface area contributed by atoms with Crippen LogP contribution >= 0.6 is 0 Å². The molecule has 0 atom stereocenters. The topological polar surface area (TPSA) is 48.0 Å². The van der Waals surface area contributed by atoms with E-state index in [4.69, 9.17) is 5.73 Å². The van der Waals surface area contributed by atoms with Gasteiger partial charge < -0.3 is 10.3 Å². The molecule has 0 unspecified atom stereocenters. The number of nitrogens with two attached hydrogens (primary N) is 1. The summed E-state index contributed by atoms with van der Waals surface area (Å²) < 4.78 is 43.1. The average molecular weight is 382 g/mol. The van der Waals surface area contributed by atoms with Gasteiger partial charge in [-0.1, -0.05) is 31.2 Å². The van der Waals surface area contributed by atoms with Crippen LogP contribution in [0.15, 0.2) is 48.5 Å². The van der Waals surface area contributed by atoms with Gasteiger partial charge in [0.2, 0.25) is 5.91 Å². The minimum Gasteiger partial charge on any atom is -0.366 e. The van der Waals surface area contributed by atoms with E-state index in [1.807, 2.05) is 25.1 Å². The van der Waals surface area contributed by atoms with E-state index >= 15 is 0 Å². The summed E-state index contributed by atoms with van der Waals surface area (Å²) >= 11 is 0. The van der Waals surface area contributed by atoms with Crippen molar-refractivity contribution >= 4 is 27.7 Å². The van der Waals surface area contributed by atoms with Gasteiger partial charge in [-0.15, -0.1) is 0 Å². The third-order valence-electron chi connectivity index (χ3n) is 5.07. The van der Waals surface area contributed by atoms with Crippen molar-refractivity contribution in [2.24, 2.45) is 5.73 Å². The number of carbonyl (C=O) groups excluding carboxylic acids is 1. The van der Waals surface area contributed by atoms with Gasteiger partial charge >= 0.3 is 0 Å². The van der Waals surface area contributed by atoms with Crippen molar-refractivity contribution in [3.63, 3.8) is 0 Å². The van der Waals surface area contributed by atoms with Crippen molar-refractivity contribution in [2.75, 3.05) is 0 Å². The number of primary amides is 1. The van der Waals surface area contributed by atoms with Crippen LogP contribution in [0, 0.1) is 17.5 Å². The van der Waals surface area contributed by atoms with Crippen LogP contribution in [0.5, 0.6) is 0 Å². The lowest BCUT2D eigenvalue weighted by molar-refractivity contribution is 0.100. The predicted molar refractivity (Wildman–Crippen MR) is 103 cm³/mol. The zero-order chi connectivity index (χ0) is 20.0. The lowest BCUT2D eigenvalue weighted by atomic mass is 10.0. The summed E-state index contributed by atoms with van der Waals surface area (Å²) in [4.78, 5) is 11.9. The van der Waals surface area contributed by atoms with Gasteiger partial charge in [0.05, 0.1) is 12.1 Å². The third kappa shape index (κ3) is 2.72. The molecule has 6 heteroatoms. The largest absolute Gasteiger partial charge is 0.366 e. The fourth-order valence-corrected chi connectivity index (χ4v) is 3.64. The fourth-order valence-electron chi connectivity index (χ4n) is 3.64. The Morgan fingerprint density at radius 3 is 2.50 bits per heavy atom. The highest BCUT2D eigenvalue weighted by atomic mass is 19.2. The number of carbonyl (C=O) groups is 1. The molecule has 1 aromatic heterocycles. The van der Waals surface area contributed by atoms with Crippen molar-refractivity contribution in [3.05, 3.63) is 82.7 Å². The summed E-state index contributed by atoms with van der Waals surface area (Å²) in [6.07, 6.45) is 0.791. The number of aromatic nitrogens is 1. The van der Waals surface area contributed by atoms with Crippen LogP contribution in [0.3, 0.4) is 0 Å². The minimum atomic E-state index is -1.50. The van der Waals surface area contributed by atoms with Crippen molar-refractivity contribution in [1.82, 2.24) is 4.57 Å². The molecule has 0 saturated carbocycles. The molecule has 1 amide bonds. The Morgan fingerprint density at radius 2 is 1.79 bits per heavy atom. The zero-order valence-corrected chi connectivity index (χ0v) is 15.1. The molecular weight excluding hydrogens is 365 g/mol. The van der Waals surface area contributed by atoms with Crippen molar-refractivity contribution in [3.8, 4) is 0 Å². The van der Waals surface area contributed by atoms with Crippen LogP contribution in [-0.2, 0) is 13.0 Å². The molecule has 3 aromatic carbocycles. The fraction of sp³-hybridized carbons (Fsp3) is 0.136. The predicted octanol–water partition coefficient (Wildman–Crippen LogP) is 4.92. The number of aryl methyl sites for hydroxylation is 1. The highest BCUT2D eigenvalue weighted by molar-refractivity contribution is 6.17. The van der Waals surface area contributed by atoms with Crippen molar-refractivity contribution in [2.45, 2.75) is 19.9 Å². The van der Waals surface area contributed by atoms with Crippen molar-refractivity contribution in [1.29, 1.82) is 0 Å². The van der Waals surface area contributed by atoms with Gasteiger partial charge in [-0.05, 0) is 36.2 Å². The van der Waals surface area contributed by atoms with Crippen LogP contribution in [-0.4, -0.2) is 10.5 Å². The van der Waals surface area contributed by atoms with E-state index in [1.54, 1.807) is 22.8 Å². The van der Waals surface area contributed by atoms with E-state index in [9.17, 15) is 18.0 Å². The number of hydrogen-bond acceptors (Lipinski definition) is 1. The second-order valence-electron chi connectivity index (χ2n) is 6.69. The van der Waals surface area contributed by atoms with Gasteiger partial charge in [0, 0.05) is 27.4 Å². The number of rotatable bonds is 4. The first-order valence-electron chi connectivity index (χ1n) is 8.88. The second kappa shape index (κ2) is 6.71. The molecule has 0 spiro atoms. The quantitative estimate of drug-likeness (QED) is 0.500.